The van der Waals surface area contributed by atoms with E-state index in [1.807, 2.05) is 20.8 Å². The van der Waals surface area contributed by atoms with Crippen LogP contribution in [0.1, 0.15) is 32.8 Å². The number of carbonyl (C=O) groups is 1. The minimum Gasteiger partial charge on any atom is -0.396 e. The molecule has 0 heterocycles. The Morgan fingerprint density at radius 3 is 2.40 bits per heavy atom. The molecule has 112 valence electrons. The lowest BCUT2D eigenvalue weighted by Gasteiger charge is -2.31. The summed E-state index contributed by atoms with van der Waals surface area (Å²) in [5, 5.41) is 14.6. The Morgan fingerprint density at radius 1 is 1.30 bits per heavy atom. The predicted molar refractivity (Wildman–Crippen MR) is 76.7 cm³/mol. The van der Waals surface area contributed by atoms with Crippen LogP contribution >= 0.6 is 0 Å². The topological polar surface area (TPSA) is 61.4 Å². The van der Waals surface area contributed by atoms with Crippen LogP contribution in [0.15, 0.2) is 24.3 Å². The third-order valence-corrected chi connectivity index (χ3v) is 3.13. The Morgan fingerprint density at radius 2 is 1.90 bits per heavy atom. The van der Waals surface area contributed by atoms with Gasteiger partial charge in [0.15, 0.2) is 0 Å². The molecule has 5 heteroatoms. The van der Waals surface area contributed by atoms with Crippen LogP contribution < -0.4 is 10.6 Å². The molecule has 0 aromatic heterocycles. The molecule has 0 aliphatic carbocycles. The highest BCUT2D eigenvalue weighted by molar-refractivity contribution is 5.74. The van der Waals surface area contributed by atoms with Crippen molar-refractivity contribution < 1.29 is 14.3 Å². The van der Waals surface area contributed by atoms with Gasteiger partial charge in [-0.1, -0.05) is 32.9 Å². The summed E-state index contributed by atoms with van der Waals surface area (Å²) < 4.78 is 12.8. The normalized spacial score (nSPS) is 12.8. The average molecular weight is 282 g/mol. The van der Waals surface area contributed by atoms with E-state index >= 15 is 0 Å². The fourth-order valence-corrected chi connectivity index (χ4v) is 1.84. The molecule has 1 atom stereocenters. The smallest absolute Gasteiger partial charge is 0.315 e. The van der Waals surface area contributed by atoms with Crippen LogP contribution in [-0.2, 0) is 6.54 Å². The van der Waals surface area contributed by atoms with Crippen molar-refractivity contribution in [1.82, 2.24) is 10.6 Å². The molecule has 1 rings (SSSR count). The van der Waals surface area contributed by atoms with E-state index in [-0.39, 0.29) is 29.9 Å². The van der Waals surface area contributed by atoms with Gasteiger partial charge in [0.05, 0.1) is 0 Å². The van der Waals surface area contributed by atoms with Gasteiger partial charge in [-0.15, -0.1) is 0 Å². The molecule has 0 radical (unpaired) electrons. The molecular weight excluding hydrogens is 259 g/mol. The van der Waals surface area contributed by atoms with Gasteiger partial charge in [-0.2, -0.15) is 0 Å². The first-order valence-electron chi connectivity index (χ1n) is 6.72. The predicted octanol–water partition coefficient (Wildman–Crippen LogP) is 2.42. The molecule has 4 nitrogen and oxygen atoms in total. The zero-order chi connectivity index (χ0) is 15.2. The van der Waals surface area contributed by atoms with Crippen molar-refractivity contribution in [2.75, 3.05) is 6.61 Å². The maximum absolute atomic E-state index is 12.8. The number of aliphatic hydroxyl groups is 1. The molecule has 0 fully saturated rings. The second-order valence-electron chi connectivity index (χ2n) is 5.88. The number of benzene rings is 1. The first-order valence-corrected chi connectivity index (χ1v) is 6.72. The van der Waals surface area contributed by atoms with E-state index in [9.17, 15) is 9.18 Å². The van der Waals surface area contributed by atoms with Crippen molar-refractivity contribution in [3.8, 4) is 0 Å². The molecule has 20 heavy (non-hydrogen) atoms. The summed E-state index contributed by atoms with van der Waals surface area (Å²) in [4.78, 5) is 11.8. The van der Waals surface area contributed by atoms with Crippen LogP contribution in [-0.4, -0.2) is 23.8 Å². The second-order valence-corrected chi connectivity index (χ2v) is 5.88. The lowest BCUT2D eigenvalue weighted by atomic mass is 9.85. The molecule has 0 bridgehead atoms. The summed E-state index contributed by atoms with van der Waals surface area (Å²) in [6, 6.07) is 5.58. The summed E-state index contributed by atoms with van der Waals surface area (Å²) in [6.07, 6.45) is 0.507. The Kier molecular flexibility index (Phi) is 5.95. The van der Waals surface area contributed by atoms with Gasteiger partial charge in [0.25, 0.3) is 0 Å². The molecule has 1 aromatic rings. The summed E-state index contributed by atoms with van der Waals surface area (Å²) in [5.41, 5.74) is 0.701. The minimum absolute atomic E-state index is 0.0280. The van der Waals surface area contributed by atoms with Crippen LogP contribution in [0.4, 0.5) is 9.18 Å². The number of hydrogen-bond donors (Lipinski definition) is 3. The number of urea groups is 1. The van der Waals surface area contributed by atoms with Crippen LogP contribution in [0.25, 0.3) is 0 Å². The highest BCUT2D eigenvalue weighted by atomic mass is 19.1. The van der Waals surface area contributed by atoms with Crippen molar-refractivity contribution >= 4 is 6.03 Å². The van der Waals surface area contributed by atoms with Crippen LogP contribution in [0.2, 0.25) is 0 Å². The fraction of sp³-hybridized carbons (Fsp3) is 0.533. The van der Waals surface area contributed by atoms with Gasteiger partial charge in [-0.05, 0) is 29.5 Å². The van der Waals surface area contributed by atoms with Gasteiger partial charge in [-0.3, -0.25) is 0 Å². The number of halogens is 1. The van der Waals surface area contributed by atoms with Crippen LogP contribution in [0, 0.1) is 11.2 Å². The quantitative estimate of drug-likeness (QED) is 0.776. The molecule has 3 N–H and O–H groups in total. The van der Waals surface area contributed by atoms with E-state index in [0.717, 1.165) is 5.56 Å². The first-order chi connectivity index (χ1) is 9.32. The molecule has 0 aliphatic heterocycles. The van der Waals surface area contributed by atoms with E-state index in [4.69, 9.17) is 5.11 Å². The Labute approximate surface area is 119 Å². The number of nitrogens with one attached hydrogen (secondary N) is 2. The van der Waals surface area contributed by atoms with E-state index in [1.54, 1.807) is 12.1 Å². The third-order valence-electron chi connectivity index (χ3n) is 3.13. The maximum Gasteiger partial charge on any atom is 0.315 e. The zero-order valence-corrected chi connectivity index (χ0v) is 12.2. The largest absolute Gasteiger partial charge is 0.396 e. The van der Waals surface area contributed by atoms with Crippen molar-refractivity contribution in [3.05, 3.63) is 35.6 Å². The Balaban J connectivity index is 2.47. The molecule has 0 unspecified atom stereocenters. The lowest BCUT2D eigenvalue weighted by molar-refractivity contribution is 0.189. The summed E-state index contributed by atoms with van der Waals surface area (Å²) in [5.74, 6) is -0.297. The van der Waals surface area contributed by atoms with Gasteiger partial charge in [0, 0.05) is 19.2 Å². The van der Waals surface area contributed by atoms with Crippen LogP contribution in [0.3, 0.4) is 0 Å². The minimum atomic E-state index is -0.297. The Bertz CT molecular complexity index is 426. The van der Waals surface area contributed by atoms with E-state index < -0.39 is 0 Å². The molecule has 0 saturated carbocycles. The number of rotatable bonds is 5. The standard InChI is InChI=1S/C15H23FN2O2/c1-15(2,3)13(8-9-19)18-14(20)17-10-11-4-6-12(16)7-5-11/h4-7,13,19H,8-10H2,1-3H3,(H2,17,18,20)/t13-/m1/s1. The molecule has 0 aliphatic rings. The molecular formula is C15H23FN2O2. The van der Waals surface area contributed by atoms with Gasteiger partial charge in [0.2, 0.25) is 0 Å². The lowest BCUT2D eigenvalue weighted by Crippen LogP contribution is -2.48. The van der Waals surface area contributed by atoms with Crippen molar-refractivity contribution in [2.45, 2.75) is 39.8 Å². The Hall–Kier alpha value is -1.62. The van der Waals surface area contributed by atoms with Crippen molar-refractivity contribution in [1.29, 1.82) is 0 Å². The van der Waals surface area contributed by atoms with Gasteiger partial charge in [0.1, 0.15) is 5.82 Å². The molecule has 0 spiro atoms. The zero-order valence-electron chi connectivity index (χ0n) is 12.2. The first kappa shape index (κ1) is 16.4. The third kappa shape index (κ3) is 5.57. The van der Waals surface area contributed by atoms with Crippen molar-refractivity contribution in [3.63, 3.8) is 0 Å². The van der Waals surface area contributed by atoms with Crippen molar-refractivity contribution in [2.24, 2.45) is 5.41 Å². The number of aliphatic hydroxyl groups excluding tert-OH is 1. The van der Waals surface area contributed by atoms with Crippen LogP contribution in [0.5, 0.6) is 0 Å². The van der Waals surface area contributed by atoms with Gasteiger partial charge in [-0.25, -0.2) is 9.18 Å². The number of hydrogen-bond acceptors (Lipinski definition) is 2. The maximum atomic E-state index is 12.8. The summed E-state index contributed by atoms with van der Waals surface area (Å²) in [7, 11) is 0. The average Bonchev–Trinajstić information content (AvgIpc) is 2.36. The van der Waals surface area contributed by atoms with Gasteiger partial charge < -0.3 is 15.7 Å². The fourth-order valence-electron chi connectivity index (χ4n) is 1.84. The van der Waals surface area contributed by atoms with E-state index in [0.29, 0.717) is 13.0 Å². The SMILES string of the molecule is CC(C)(C)[C@@H](CCO)NC(=O)NCc1ccc(F)cc1. The number of amides is 2. The van der Waals surface area contributed by atoms with Gasteiger partial charge >= 0.3 is 6.03 Å². The molecule has 1 aromatic carbocycles. The highest BCUT2D eigenvalue weighted by Gasteiger charge is 2.25. The summed E-state index contributed by atoms with van der Waals surface area (Å²) >= 11 is 0. The molecule has 0 saturated heterocycles. The monoisotopic (exact) mass is 282 g/mol. The summed E-state index contributed by atoms with van der Waals surface area (Å²) in [6.45, 7) is 6.39. The molecule has 2 amide bonds. The number of carbonyl (C=O) groups excluding carboxylic acids is 1. The highest BCUT2D eigenvalue weighted by Crippen LogP contribution is 2.21. The van der Waals surface area contributed by atoms with E-state index in [2.05, 4.69) is 10.6 Å². The van der Waals surface area contributed by atoms with E-state index in [1.165, 1.54) is 12.1 Å². The second kappa shape index (κ2) is 7.24.